The Labute approximate surface area is 126 Å². The van der Waals surface area contributed by atoms with Crippen molar-refractivity contribution < 1.29 is 13.5 Å². The zero-order valence-electron chi connectivity index (χ0n) is 12.2. The molecule has 0 aromatic heterocycles. The maximum atomic E-state index is 13.0. The van der Waals surface area contributed by atoms with E-state index in [-0.39, 0.29) is 5.25 Å². The molecule has 4 nitrogen and oxygen atoms in total. The van der Waals surface area contributed by atoms with E-state index in [0.717, 1.165) is 37.7 Å². The minimum atomic E-state index is -3.32. The summed E-state index contributed by atoms with van der Waals surface area (Å²) in [4.78, 5) is 0. The van der Waals surface area contributed by atoms with Crippen molar-refractivity contribution in [2.75, 3.05) is 10.8 Å². The molecule has 5 heteroatoms. The summed E-state index contributed by atoms with van der Waals surface area (Å²) in [5.41, 5.74) is 1.42. The van der Waals surface area contributed by atoms with Gasteiger partial charge in [0.2, 0.25) is 10.0 Å². The van der Waals surface area contributed by atoms with Crippen molar-refractivity contribution in [2.24, 2.45) is 0 Å². The number of hydrogen-bond acceptors (Lipinski definition) is 3. The van der Waals surface area contributed by atoms with Gasteiger partial charge in [0.15, 0.2) is 0 Å². The van der Waals surface area contributed by atoms with E-state index in [1.165, 1.54) is 0 Å². The lowest BCUT2D eigenvalue weighted by Gasteiger charge is -2.31. The highest BCUT2D eigenvalue weighted by atomic mass is 32.2. The van der Waals surface area contributed by atoms with Crippen molar-refractivity contribution >= 4 is 15.7 Å². The summed E-state index contributed by atoms with van der Waals surface area (Å²) in [5, 5.41) is 9.96. The Balaban J connectivity index is 1.99. The van der Waals surface area contributed by atoms with Crippen molar-refractivity contribution in [1.29, 1.82) is 0 Å². The van der Waals surface area contributed by atoms with Crippen molar-refractivity contribution in [1.82, 2.24) is 0 Å². The predicted octanol–water partition coefficient (Wildman–Crippen LogP) is 2.98. The van der Waals surface area contributed by atoms with Gasteiger partial charge in [0, 0.05) is 12.1 Å². The molecular weight excluding hydrogens is 286 g/mol. The second-order valence-corrected chi connectivity index (χ2v) is 8.23. The van der Waals surface area contributed by atoms with Gasteiger partial charge in [0.25, 0.3) is 0 Å². The normalized spacial score (nSPS) is 24.4. The summed E-state index contributed by atoms with van der Waals surface area (Å²) in [6.45, 7) is 0.479. The van der Waals surface area contributed by atoms with Crippen molar-refractivity contribution in [2.45, 2.75) is 56.3 Å². The molecule has 0 amide bonds. The first-order valence-corrected chi connectivity index (χ1v) is 9.39. The van der Waals surface area contributed by atoms with Gasteiger partial charge in [-0.3, -0.25) is 4.31 Å². The number of rotatable bonds is 2. The van der Waals surface area contributed by atoms with Crippen LogP contribution in [0.15, 0.2) is 24.3 Å². The fraction of sp³-hybridized carbons (Fsp3) is 0.625. The summed E-state index contributed by atoms with van der Waals surface area (Å²) in [6.07, 6.45) is 5.43. The molecule has 1 aromatic rings. The smallest absolute Gasteiger partial charge is 0.238 e. The standard InChI is InChI=1S/C16H23NO3S/c18-16-11-6-12-17(15-10-5-4-9-14(15)16)21(19,20)13-7-2-1-3-8-13/h4-5,9-10,13,16,18H,1-3,6-8,11-12H2. The molecule has 1 unspecified atom stereocenters. The van der Waals surface area contributed by atoms with Gasteiger partial charge in [0.05, 0.1) is 17.0 Å². The Hall–Kier alpha value is -1.07. The first-order chi connectivity index (χ1) is 10.1. The fourth-order valence-electron chi connectivity index (χ4n) is 3.51. The third-order valence-electron chi connectivity index (χ3n) is 4.68. The van der Waals surface area contributed by atoms with E-state index in [2.05, 4.69) is 0 Å². The molecule has 1 saturated carbocycles. The molecule has 1 aliphatic carbocycles. The minimum absolute atomic E-state index is 0.255. The number of para-hydroxylation sites is 1. The maximum absolute atomic E-state index is 13.0. The van der Waals surface area contributed by atoms with Gasteiger partial charge >= 0.3 is 0 Å². The van der Waals surface area contributed by atoms with Gasteiger partial charge in [-0.1, -0.05) is 37.5 Å². The van der Waals surface area contributed by atoms with Crippen LogP contribution in [0, 0.1) is 0 Å². The Morgan fingerprint density at radius 3 is 2.48 bits per heavy atom. The van der Waals surface area contributed by atoms with Crippen molar-refractivity contribution in [3.05, 3.63) is 29.8 Å². The summed E-state index contributed by atoms with van der Waals surface area (Å²) in [6, 6.07) is 7.37. The third-order valence-corrected chi connectivity index (χ3v) is 6.99. The van der Waals surface area contributed by atoms with E-state index in [1.807, 2.05) is 24.3 Å². The molecule has 0 bridgehead atoms. The first-order valence-electron chi connectivity index (χ1n) is 7.89. The number of aliphatic hydroxyl groups is 1. The van der Waals surface area contributed by atoms with Crippen molar-refractivity contribution in [3.8, 4) is 0 Å². The van der Waals surface area contributed by atoms with E-state index in [0.29, 0.717) is 25.1 Å². The van der Waals surface area contributed by atoms with Crippen LogP contribution in [0.1, 0.15) is 56.6 Å². The van der Waals surface area contributed by atoms with Crippen LogP contribution in [0.25, 0.3) is 0 Å². The number of hydrogen-bond donors (Lipinski definition) is 1. The van der Waals surface area contributed by atoms with Crippen LogP contribution in [0.2, 0.25) is 0 Å². The molecule has 1 aromatic carbocycles. The summed E-state index contributed by atoms with van der Waals surface area (Å²) in [7, 11) is -3.32. The molecule has 21 heavy (non-hydrogen) atoms. The van der Waals surface area contributed by atoms with Gasteiger partial charge in [-0.25, -0.2) is 8.42 Å². The Morgan fingerprint density at radius 1 is 1.00 bits per heavy atom. The Kier molecular flexibility index (Phi) is 4.22. The molecule has 0 radical (unpaired) electrons. The lowest BCUT2D eigenvalue weighted by Crippen LogP contribution is -2.40. The van der Waals surface area contributed by atoms with E-state index in [9.17, 15) is 13.5 Å². The molecule has 1 atom stereocenters. The number of benzene rings is 1. The van der Waals surface area contributed by atoms with Gasteiger partial charge < -0.3 is 5.11 Å². The van der Waals surface area contributed by atoms with Crippen molar-refractivity contribution in [3.63, 3.8) is 0 Å². The molecule has 1 N–H and O–H groups in total. The molecule has 1 fully saturated rings. The SMILES string of the molecule is O=S(=O)(C1CCCCC1)N1CCCC(O)c2ccccc21. The molecule has 1 aliphatic heterocycles. The Morgan fingerprint density at radius 2 is 1.71 bits per heavy atom. The van der Waals surface area contributed by atoms with E-state index in [4.69, 9.17) is 0 Å². The van der Waals surface area contributed by atoms with Gasteiger partial charge in [-0.05, 0) is 31.7 Å². The average Bonchev–Trinajstić information content (AvgIpc) is 2.68. The van der Waals surface area contributed by atoms with Crippen LogP contribution in [0.3, 0.4) is 0 Å². The van der Waals surface area contributed by atoms with E-state index >= 15 is 0 Å². The lowest BCUT2D eigenvalue weighted by atomic mass is 10.0. The minimum Gasteiger partial charge on any atom is -0.388 e. The quantitative estimate of drug-likeness (QED) is 0.913. The van der Waals surface area contributed by atoms with Crippen LogP contribution in [-0.2, 0) is 10.0 Å². The summed E-state index contributed by atoms with van der Waals surface area (Å²) < 4.78 is 27.6. The van der Waals surface area contributed by atoms with Crippen LogP contribution in [0.5, 0.6) is 0 Å². The number of sulfonamides is 1. The van der Waals surface area contributed by atoms with Gasteiger partial charge in [-0.2, -0.15) is 0 Å². The zero-order chi connectivity index (χ0) is 14.9. The topological polar surface area (TPSA) is 57.6 Å². The molecule has 3 rings (SSSR count). The lowest BCUT2D eigenvalue weighted by molar-refractivity contribution is 0.168. The molecular formula is C16H23NO3S. The maximum Gasteiger partial charge on any atom is 0.238 e. The highest BCUT2D eigenvalue weighted by molar-refractivity contribution is 7.93. The highest BCUT2D eigenvalue weighted by Gasteiger charge is 2.35. The number of nitrogens with zero attached hydrogens (tertiary/aromatic N) is 1. The molecule has 1 heterocycles. The van der Waals surface area contributed by atoms with Crippen LogP contribution < -0.4 is 4.31 Å². The van der Waals surface area contributed by atoms with Gasteiger partial charge in [0.1, 0.15) is 0 Å². The first kappa shape index (κ1) is 14.9. The second-order valence-electron chi connectivity index (χ2n) is 6.09. The summed E-state index contributed by atoms with van der Waals surface area (Å²) in [5.74, 6) is 0. The van der Waals surface area contributed by atoms with Crippen LogP contribution in [0.4, 0.5) is 5.69 Å². The molecule has 0 spiro atoms. The van der Waals surface area contributed by atoms with E-state index in [1.54, 1.807) is 4.31 Å². The Bertz CT molecular complexity index is 593. The monoisotopic (exact) mass is 309 g/mol. The van der Waals surface area contributed by atoms with Gasteiger partial charge in [-0.15, -0.1) is 0 Å². The van der Waals surface area contributed by atoms with E-state index < -0.39 is 16.1 Å². The number of anilines is 1. The zero-order valence-corrected chi connectivity index (χ0v) is 13.1. The van der Waals surface area contributed by atoms with Crippen LogP contribution in [-0.4, -0.2) is 25.3 Å². The number of aliphatic hydroxyl groups excluding tert-OH is 1. The third kappa shape index (κ3) is 2.81. The largest absolute Gasteiger partial charge is 0.388 e. The molecule has 116 valence electrons. The van der Waals surface area contributed by atoms with Crippen LogP contribution >= 0.6 is 0 Å². The average molecular weight is 309 g/mol. The molecule has 0 saturated heterocycles. The number of fused-ring (bicyclic) bond motifs is 1. The highest BCUT2D eigenvalue weighted by Crippen LogP contribution is 2.37. The second kappa shape index (κ2) is 5.97. The predicted molar refractivity (Wildman–Crippen MR) is 83.8 cm³/mol. The summed E-state index contributed by atoms with van der Waals surface area (Å²) >= 11 is 0. The fourth-order valence-corrected chi connectivity index (χ4v) is 5.62. The molecule has 2 aliphatic rings.